The lowest BCUT2D eigenvalue weighted by Crippen LogP contribution is -2.21. The fourth-order valence-electron chi connectivity index (χ4n) is 3.89. The van der Waals surface area contributed by atoms with Crippen LogP contribution < -0.4 is 5.56 Å². The molecule has 1 N–H and O–H groups in total. The molecule has 0 saturated carbocycles. The molecule has 0 bridgehead atoms. The number of hydrogen-bond acceptors (Lipinski definition) is 5. The molecule has 0 aliphatic rings. The van der Waals surface area contributed by atoms with Crippen LogP contribution in [-0.4, -0.2) is 23.3 Å². The summed E-state index contributed by atoms with van der Waals surface area (Å²) in [7, 11) is -3.70. The van der Waals surface area contributed by atoms with Crippen molar-refractivity contribution in [2.75, 3.05) is 0 Å². The zero-order valence-corrected chi connectivity index (χ0v) is 21.8. The van der Waals surface area contributed by atoms with Gasteiger partial charge < -0.3 is 5.11 Å². The first-order valence-electron chi connectivity index (χ1n) is 10.8. The van der Waals surface area contributed by atoms with Gasteiger partial charge in [-0.2, -0.15) is 9.78 Å². The fraction of sp³-hybridized carbons (Fsp3) is 0.0370. The second kappa shape index (κ2) is 9.54. The zero-order valence-electron chi connectivity index (χ0n) is 18.6. The van der Waals surface area contributed by atoms with Gasteiger partial charge in [-0.15, -0.1) is 11.6 Å². The Labute approximate surface area is 220 Å². The van der Waals surface area contributed by atoms with Crippen molar-refractivity contribution < 1.29 is 13.5 Å². The molecule has 0 spiro atoms. The molecule has 36 heavy (non-hydrogen) atoms. The predicted octanol–water partition coefficient (Wildman–Crippen LogP) is 6.09. The summed E-state index contributed by atoms with van der Waals surface area (Å²) >= 11 is 9.22. The first-order chi connectivity index (χ1) is 17.3. The summed E-state index contributed by atoms with van der Waals surface area (Å²) < 4.78 is 27.9. The Morgan fingerprint density at radius 2 is 1.47 bits per heavy atom. The Morgan fingerprint density at radius 3 is 2.14 bits per heavy atom. The van der Waals surface area contributed by atoms with E-state index in [1.54, 1.807) is 54.7 Å². The molecule has 1 heterocycles. The second-order valence-corrected chi connectivity index (χ2v) is 11.2. The highest BCUT2D eigenvalue weighted by Crippen LogP contribution is 2.29. The average molecular weight is 582 g/mol. The fourth-order valence-corrected chi connectivity index (χ4v) is 5.63. The molecular formula is C27H18BrClN2O4S. The van der Waals surface area contributed by atoms with E-state index in [4.69, 9.17) is 11.6 Å². The minimum atomic E-state index is -3.70. The molecule has 180 valence electrons. The highest BCUT2D eigenvalue weighted by molar-refractivity contribution is 9.10. The summed E-state index contributed by atoms with van der Waals surface area (Å²) in [6.45, 7) is 0. The number of hydrogen-bond donors (Lipinski definition) is 1. The molecule has 1 aromatic heterocycles. The summed E-state index contributed by atoms with van der Waals surface area (Å²) in [6, 6.07) is 23.0. The van der Waals surface area contributed by atoms with Crippen LogP contribution in [0.25, 0.3) is 27.6 Å². The van der Waals surface area contributed by atoms with Crippen molar-refractivity contribution in [2.24, 2.45) is 0 Å². The number of phenols is 1. The molecule has 6 nitrogen and oxygen atoms in total. The van der Waals surface area contributed by atoms with Gasteiger partial charge in [-0.05, 0) is 77.9 Å². The van der Waals surface area contributed by atoms with Crippen LogP contribution in [0, 0.1) is 0 Å². The summed E-state index contributed by atoms with van der Waals surface area (Å²) in [5, 5.41) is 15.3. The van der Waals surface area contributed by atoms with Crippen LogP contribution in [0.5, 0.6) is 5.75 Å². The van der Waals surface area contributed by atoms with Crippen LogP contribution in [0.2, 0.25) is 0 Å². The first-order valence-corrected chi connectivity index (χ1v) is 13.6. The van der Waals surface area contributed by atoms with Gasteiger partial charge in [-0.25, -0.2) is 8.42 Å². The molecule has 0 radical (unpaired) electrons. The molecule has 0 amide bonds. The quantitative estimate of drug-likeness (QED) is 0.254. The van der Waals surface area contributed by atoms with Crippen molar-refractivity contribution >= 4 is 48.1 Å². The number of aromatic hydroxyl groups is 1. The molecule has 0 atom stereocenters. The van der Waals surface area contributed by atoms with Crippen LogP contribution in [0.3, 0.4) is 0 Å². The maximum absolute atomic E-state index is 13.3. The van der Waals surface area contributed by atoms with E-state index in [0.29, 0.717) is 22.0 Å². The lowest BCUT2D eigenvalue weighted by Gasteiger charge is -2.10. The highest BCUT2D eigenvalue weighted by Gasteiger charge is 2.18. The maximum atomic E-state index is 13.3. The van der Waals surface area contributed by atoms with Crippen molar-refractivity contribution in [1.29, 1.82) is 0 Å². The van der Waals surface area contributed by atoms with Gasteiger partial charge in [0.15, 0.2) is 0 Å². The van der Waals surface area contributed by atoms with Crippen LogP contribution >= 0.6 is 27.5 Å². The first kappa shape index (κ1) is 24.2. The molecule has 4 aromatic carbocycles. The SMILES string of the molecule is O=c1c2cc(-c3ccc(O)c(CCl)c3)ccc2cnn1-c1ccc(S(=O)(=O)c2ccc(Br)cc2)cc1. The molecule has 9 heteroatoms. The minimum Gasteiger partial charge on any atom is -0.508 e. The number of phenolic OH excluding ortho intramolecular Hbond substituents is 1. The summed E-state index contributed by atoms with van der Waals surface area (Å²) in [4.78, 5) is 13.6. The van der Waals surface area contributed by atoms with E-state index >= 15 is 0 Å². The van der Waals surface area contributed by atoms with Gasteiger partial charge >= 0.3 is 0 Å². The van der Waals surface area contributed by atoms with Crippen LogP contribution in [0.1, 0.15) is 5.56 Å². The molecule has 0 fully saturated rings. The molecule has 5 aromatic rings. The second-order valence-electron chi connectivity index (χ2n) is 8.09. The molecule has 0 aliphatic carbocycles. The summed E-state index contributed by atoms with van der Waals surface area (Å²) in [5.74, 6) is 0.282. The lowest BCUT2D eigenvalue weighted by molar-refractivity contribution is 0.470. The molecular weight excluding hydrogens is 564 g/mol. The minimum absolute atomic E-state index is 0.117. The van der Waals surface area contributed by atoms with Gasteiger partial charge in [0.1, 0.15) is 5.75 Å². The number of sulfone groups is 1. The van der Waals surface area contributed by atoms with Crippen molar-refractivity contribution in [3.8, 4) is 22.6 Å². The predicted molar refractivity (Wildman–Crippen MR) is 144 cm³/mol. The Balaban J connectivity index is 1.54. The molecule has 0 aliphatic heterocycles. The van der Waals surface area contributed by atoms with E-state index in [1.807, 2.05) is 12.1 Å². The van der Waals surface area contributed by atoms with Gasteiger partial charge in [0, 0.05) is 15.4 Å². The third-order valence-electron chi connectivity index (χ3n) is 5.86. The Kier molecular flexibility index (Phi) is 6.42. The number of alkyl halides is 1. The molecule has 0 unspecified atom stereocenters. The topological polar surface area (TPSA) is 89.3 Å². The molecule has 5 rings (SSSR count). The van der Waals surface area contributed by atoms with Crippen molar-refractivity contribution in [1.82, 2.24) is 9.78 Å². The van der Waals surface area contributed by atoms with E-state index in [0.717, 1.165) is 15.6 Å². The van der Waals surface area contributed by atoms with E-state index in [-0.39, 0.29) is 27.0 Å². The van der Waals surface area contributed by atoms with Gasteiger partial charge in [0.25, 0.3) is 5.56 Å². The van der Waals surface area contributed by atoms with Crippen molar-refractivity contribution in [2.45, 2.75) is 15.7 Å². The van der Waals surface area contributed by atoms with Crippen LogP contribution in [0.15, 0.2) is 110 Å². The number of fused-ring (bicyclic) bond motifs is 1. The third-order valence-corrected chi connectivity index (χ3v) is 8.46. The largest absolute Gasteiger partial charge is 0.508 e. The zero-order chi connectivity index (χ0) is 25.4. The van der Waals surface area contributed by atoms with Gasteiger partial charge in [-0.1, -0.05) is 34.1 Å². The normalized spacial score (nSPS) is 11.6. The number of nitrogens with zero attached hydrogens (tertiary/aromatic N) is 2. The number of rotatable bonds is 5. The van der Waals surface area contributed by atoms with E-state index in [2.05, 4.69) is 21.0 Å². The smallest absolute Gasteiger partial charge is 0.279 e. The summed E-state index contributed by atoms with van der Waals surface area (Å²) in [5.41, 5.74) is 2.31. The number of aromatic nitrogens is 2. The van der Waals surface area contributed by atoms with Gasteiger partial charge in [0.2, 0.25) is 9.84 Å². The van der Waals surface area contributed by atoms with Crippen LogP contribution in [0.4, 0.5) is 0 Å². The monoisotopic (exact) mass is 580 g/mol. The Bertz CT molecular complexity index is 1770. The van der Waals surface area contributed by atoms with Gasteiger partial charge in [-0.3, -0.25) is 4.79 Å². The number of halogens is 2. The van der Waals surface area contributed by atoms with Crippen LogP contribution in [-0.2, 0) is 15.7 Å². The molecule has 0 saturated heterocycles. The average Bonchev–Trinajstić information content (AvgIpc) is 2.89. The van der Waals surface area contributed by atoms with E-state index in [9.17, 15) is 18.3 Å². The maximum Gasteiger partial charge on any atom is 0.279 e. The van der Waals surface area contributed by atoms with E-state index in [1.165, 1.54) is 28.9 Å². The standard InChI is InChI=1S/C27H18BrClN2O4S/c28-21-4-8-23(9-5-21)36(34,35)24-10-6-22(7-11-24)31-27(33)25-14-18(1-2-19(25)16-30-31)17-3-12-26(32)20(13-17)15-29/h1-14,16,32H,15H2. The van der Waals surface area contributed by atoms with Crippen molar-refractivity contribution in [3.63, 3.8) is 0 Å². The number of benzene rings is 4. The van der Waals surface area contributed by atoms with Crippen molar-refractivity contribution in [3.05, 3.63) is 112 Å². The Hall–Kier alpha value is -3.46. The third kappa shape index (κ3) is 4.43. The van der Waals surface area contributed by atoms with Gasteiger partial charge in [0.05, 0.1) is 32.9 Å². The highest BCUT2D eigenvalue weighted by atomic mass is 79.9. The Morgan fingerprint density at radius 1 is 0.861 bits per heavy atom. The summed E-state index contributed by atoms with van der Waals surface area (Å²) in [6.07, 6.45) is 1.59. The lowest BCUT2D eigenvalue weighted by atomic mass is 10.0. The van der Waals surface area contributed by atoms with E-state index < -0.39 is 9.84 Å².